The van der Waals surface area contributed by atoms with E-state index >= 15 is 0 Å². The Hall–Kier alpha value is -1.11. The van der Waals surface area contributed by atoms with Crippen LogP contribution in [0.25, 0.3) is 0 Å². The first-order chi connectivity index (χ1) is 9.66. The molecule has 0 bridgehead atoms. The minimum Gasteiger partial charge on any atom is -0.350 e. The van der Waals surface area contributed by atoms with Crippen LogP contribution in [0, 0.1) is 6.92 Å². The Morgan fingerprint density at radius 3 is 2.57 bits per heavy atom. The van der Waals surface area contributed by atoms with Crippen LogP contribution in [0.3, 0.4) is 0 Å². The molecule has 7 heteroatoms. The summed E-state index contributed by atoms with van der Waals surface area (Å²) in [4.78, 5) is 12.0. The highest BCUT2D eigenvalue weighted by Gasteiger charge is 2.19. The van der Waals surface area contributed by atoms with Crippen LogP contribution < -0.4 is 10.5 Å². The third kappa shape index (κ3) is 4.98. The Morgan fingerprint density at radius 2 is 2.05 bits per heavy atom. The largest absolute Gasteiger partial charge is 0.350 e. The summed E-state index contributed by atoms with van der Waals surface area (Å²) >= 11 is 5.99. The van der Waals surface area contributed by atoms with Gasteiger partial charge in [-0.3, -0.25) is 4.79 Å². The van der Waals surface area contributed by atoms with Crippen molar-refractivity contribution in [1.29, 1.82) is 0 Å². The number of carbonyl (C=O) groups is 1. The Kier molecular flexibility index (Phi) is 6.19. The predicted molar refractivity (Wildman–Crippen MR) is 84.0 cm³/mol. The third-order valence-electron chi connectivity index (χ3n) is 3.23. The standard InChI is InChI=1S/C14H21ClN2O3S/c1-4-5-6-9(2)17-14(18)11-7-12(15)10(3)13(8-11)21(16,19)20/h7-9H,4-6H2,1-3H3,(H,17,18)(H2,16,19,20). The van der Waals surface area contributed by atoms with Crippen molar-refractivity contribution in [2.75, 3.05) is 0 Å². The minimum atomic E-state index is -3.92. The average molecular weight is 333 g/mol. The highest BCUT2D eigenvalue weighted by Crippen LogP contribution is 2.24. The van der Waals surface area contributed by atoms with Gasteiger partial charge in [-0.25, -0.2) is 13.6 Å². The van der Waals surface area contributed by atoms with Crippen LogP contribution in [-0.2, 0) is 10.0 Å². The summed E-state index contributed by atoms with van der Waals surface area (Å²) in [6, 6.07) is 2.72. The summed E-state index contributed by atoms with van der Waals surface area (Å²) in [6.45, 7) is 5.53. The van der Waals surface area contributed by atoms with Crippen molar-refractivity contribution in [2.24, 2.45) is 5.14 Å². The van der Waals surface area contributed by atoms with Crippen LogP contribution in [0.1, 0.15) is 49.0 Å². The number of primary sulfonamides is 1. The molecule has 5 nitrogen and oxygen atoms in total. The zero-order chi connectivity index (χ0) is 16.2. The van der Waals surface area contributed by atoms with E-state index in [4.69, 9.17) is 16.7 Å². The minimum absolute atomic E-state index is 0.00969. The summed E-state index contributed by atoms with van der Waals surface area (Å²) in [5.74, 6) is -0.356. The quantitative estimate of drug-likeness (QED) is 0.839. The summed E-state index contributed by atoms with van der Waals surface area (Å²) in [6.07, 6.45) is 2.93. The van der Waals surface area contributed by atoms with E-state index < -0.39 is 10.0 Å². The second-order valence-electron chi connectivity index (χ2n) is 5.14. The van der Waals surface area contributed by atoms with Crippen LogP contribution in [0.5, 0.6) is 0 Å². The number of sulfonamides is 1. The second-order valence-corrected chi connectivity index (χ2v) is 7.08. The first-order valence-corrected chi connectivity index (χ1v) is 8.73. The zero-order valence-electron chi connectivity index (χ0n) is 12.4. The van der Waals surface area contributed by atoms with Crippen molar-refractivity contribution >= 4 is 27.5 Å². The first kappa shape index (κ1) is 17.9. The van der Waals surface area contributed by atoms with Crippen molar-refractivity contribution in [3.63, 3.8) is 0 Å². The normalized spacial score (nSPS) is 13.0. The maximum absolute atomic E-state index is 12.2. The van der Waals surface area contributed by atoms with Gasteiger partial charge >= 0.3 is 0 Å². The summed E-state index contributed by atoms with van der Waals surface area (Å²) in [5, 5.41) is 8.17. The second kappa shape index (κ2) is 7.24. The van der Waals surface area contributed by atoms with Gasteiger partial charge in [-0.2, -0.15) is 0 Å². The molecule has 3 N–H and O–H groups in total. The van der Waals surface area contributed by atoms with Crippen LogP contribution in [0.4, 0.5) is 0 Å². The van der Waals surface area contributed by atoms with Crippen LogP contribution in [0.15, 0.2) is 17.0 Å². The molecule has 1 atom stereocenters. The molecule has 21 heavy (non-hydrogen) atoms. The Morgan fingerprint density at radius 1 is 1.43 bits per heavy atom. The molecule has 1 amide bonds. The molecule has 0 aliphatic carbocycles. The lowest BCUT2D eigenvalue weighted by atomic mass is 10.1. The monoisotopic (exact) mass is 332 g/mol. The molecule has 1 unspecified atom stereocenters. The smallest absolute Gasteiger partial charge is 0.251 e. The Bertz CT molecular complexity index is 629. The van der Waals surface area contributed by atoms with Gasteiger partial charge in [-0.1, -0.05) is 31.4 Å². The molecule has 0 spiro atoms. The number of benzene rings is 1. The van der Waals surface area contributed by atoms with E-state index in [9.17, 15) is 13.2 Å². The van der Waals surface area contributed by atoms with E-state index in [0.29, 0.717) is 5.56 Å². The van der Waals surface area contributed by atoms with Crippen LogP contribution >= 0.6 is 11.6 Å². The van der Waals surface area contributed by atoms with Gasteiger partial charge < -0.3 is 5.32 Å². The fourth-order valence-corrected chi connectivity index (χ4v) is 3.07. The Labute approximate surface area is 130 Å². The number of carbonyl (C=O) groups excluding carboxylic acids is 1. The molecule has 1 aromatic carbocycles. The molecule has 0 aliphatic rings. The average Bonchev–Trinajstić information content (AvgIpc) is 2.37. The number of hydrogen-bond donors (Lipinski definition) is 2. The van der Waals surface area contributed by atoms with Gasteiger partial charge in [-0.05, 0) is 38.0 Å². The van der Waals surface area contributed by atoms with E-state index in [1.165, 1.54) is 12.1 Å². The molecule has 0 fully saturated rings. The summed E-state index contributed by atoms with van der Waals surface area (Å²) in [7, 11) is -3.92. The summed E-state index contributed by atoms with van der Waals surface area (Å²) < 4.78 is 23.1. The van der Waals surface area contributed by atoms with E-state index in [2.05, 4.69) is 12.2 Å². The lowest BCUT2D eigenvalue weighted by Gasteiger charge is -2.15. The number of halogens is 1. The molecular weight excluding hydrogens is 312 g/mol. The fraction of sp³-hybridized carbons (Fsp3) is 0.500. The topological polar surface area (TPSA) is 89.3 Å². The summed E-state index contributed by atoms with van der Waals surface area (Å²) in [5.41, 5.74) is 0.535. The number of nitrogens with two attached hydrogens (primary N) is 1. The van der Waals surface area contributed by atoms with E-state index in [0.717, 1.165) is 19.3 Å². The van der Waals surface area contributed by atoms with Crippen molar-refractivity contribution in [3.05, 3.63) is 28.3 Å². The molecule has 0 saturated carbocycles. The van der Waals surface area contributed by atoms with Crippen molar-refractivity contribution < 1.29 is 13.2 Å². The van der Waals surface area contributed by atoms with E-state index in [1.807, 2.05) is 6.92 Å². The number of unbranched alkanes of at least 4 members (excludes halogenated alkanes) is 1. The molecule has 1 rings (SSSR count). The SMILES string of the molecule is CCCCC(C)NC(=O)c1cc(Cl)c(C)c(S(N)(=O)=O)c1. The Balaban J connectivity index is 3.04. The maximum Gasteiger partial charge on any atom is 0.251 e. The molecule has 118 valence electrons. The van der Waals surface area contributed by atoms with Gasteiger partial charge in [-0.15, -0.1) is 0 Å². The van der Waals surface area contributed by atoms with Crippen molar-refractivity contribution in [1.82, 2.24) is 5.32 Å². The lowest BCUT2D eigenvalue weighted by molar-refractivity contribution is 0.0937. The van der Waals surface area contributed by atoms with Gasteiger partial charge in [0.05, 0.1) is 4.90 Å². The predicted octanol–water partition coefficient (Wildman–Crippen LogP) is 2.60. The highest BCUT2D eigenvalue weighted by molar-refractivity contribution is 7.89. The van der Waals surface area contributed by atoms with Gasteiger partial charge in [0.15, 0.2) is 0 Å². The van der Waals surface area contributed by atoms with Gasteiger partial charge in [0.2, 0.25) is 10.0 Å². The number of nitrogens with one attached hydrogen (secondary N) is 1. The van der Waals surface area contributed by atoms with Crippen LogP contribution in [0.2, 0.25) is 5.02 Å². The molecule has 0 heterocycles. The van der Waals surface area contributed by atoms with Crippen LogP contribution in [-0.4, -0.2) is 20.4 Å². The molecular formula is C14H21ClN2O3S. The molecule has 1 aromatic rings. The zero-order valence-corrected chi connectivity index (χ0v) is 14.0. The first-order valence-electron chi connectivity index (χ1n) is 6.80. The number of rotatable bonds is 6. The van der Waals surface area contributed by atoms with Gasteiger partial charge in [0.1, 0.15) is 0 Å². The van der Waals surface area contributed by atoms with Crippen molar-refractivity contribution in [2.45, 2.75) is 51.0 Å². The third-order valence-corrected chi connectivity index (χ3v) is 4.66. The fourth-order valence-electron chi connectivity index (χ4n) is 1.97. The number of amides is 1. The maximum atomic E-state index is 12.2. The number of hydrogen-bond acceptors (Lipinski definition) is 3. The van der Waals surface area contributed by atoms with Gasteiger partial charge in [0, 0.05) is 16.6 Å². The van der Waals surface area contributed by atoms with E-state index in [-0.39, 0.29) is 27.4 Å². The molecule has 0 radical (unpaired) electrons. The van der Waals surface area contributed by atoms with E-state index in [1.54, 1.807) is 6.92 Å². The highest BCUT2D eigenvalue weighted by atomic mass is 35.5. The molecule has 0 saturated heterocycles. The molecule has 0 aliphatic heterocycles. The lowest BCUT2D eigenvalue weighted by Crippen LogP contribution is -2.32. The molecule has 0 aromatic heterocycles. The van der Waals surface area contributed by atoms with Gasteiger partial charge in [0.25, 0.3) is 5.91 Å². The van der Waals surface area contributed by atoms with Crippen molar-refractivity contribution in [3.8, 4) is 0 Å².